The summed E-state index contributed by atoms with van der Waals surface area (Å²) < 4.78 is 0. The Morgan fingerprint density at radius 3 is 1.26 bits per heavy atom. The van der Waals surface area contributed by atoms with E-state index < -0.39 is 0 Å². The summed E-state index contributed by atoms with van der Waals surface area (Å²) in [6.45, 7) is 7.47. The van der Waals surface area contributed by atoms with Crippen molar-refractivity contribution in [1.82, 2.24) is 0 Å². The van der Waals surface area contributed by atoms with Gasteiger partial charge in [0.05, 0.1) is 0 Å². The van der Waals surface area contributed by atoms with Crippen molar-refractivity contribution in [3.63, 3.8) is 0 Å². The van der Waals surface area contributed by atoms with E-state index >= 15 is 0 Å². The molecule has 0 bridgehead atoms. The molecule has 1 aliphatic rings. The minimum atomic E-state index is -0.170. The van der Waals surface area contributed by atoms with Gasteiger partial charge in [-0.15, -0.1) is 0 Å². The Hall–Kier alpha value is -5.20. The van der Waals surface area contributed by atoms with Crippen LogP contribution in [0.1, 0.15) is 43.9 Å². The Morgan fingerprint density at radius 2 is 0.717 bits per heavy atom. The van der Waals surface area contributed by atoms with Crippen LogP contribution in [-0.4, -0.2) is 0 Å². The van der Waals surface area contributed by atoms with Gasteiger partial charge in [-0.1, -0.05) is 148 Å². The molecule has 0 spiro atoms. The van der Waals surface area contributed by atoms with Gasteiger partial charge in [0.2, 0.25) is 0 Å². The lowest BCUT2D eigenvalue weighted by molar-refractivity contribution is 0.364. The van der Waals surface area contributed by atoms with Crippen LogP contribution in [0.25, 0.3) is 86.2 Å². The topological polar surface area (TPSA) is 0 Å². The molecule has 0 N–H and O–H groups in total. The summed E-state index contributed by atoms with van der Waals surface area (Å²) in [5.41, 5.74) is 4.22. The lowest BCUT2D eigenvalue weighted by Gasteiger charge is -2.45. The first kappa shape index (κ1) is 25.0. The minimum Gasteiger partial charge on any atom is -0.0610 e. The molecule has 0 fully saturated rings. The van der Waals surface area contributed by atoms with Crippen molar-refractivity contribution in [3.05, 3.63) is 144 Å². The Balaban J connectivity index is 1.30. The Bertz CT molecular complexity index is 2820. The second-order valence-electron chi connectivity index (χ2n) is 14.8. The quantitative estimate of drug-likeness (QED) is 0.133. The molecule has 10 aromatic carbocycles. The first-order valence-electron chi connectivity index (χ1n) is 16.7. The Kier molecular flexibility index (Phi) is 4.43. The molecule has 0 amide bonds. The van der Waals surface area contributed by atoms with E-state index in [0.29, 0.717) is 0 Å². The van der Waals surface area contributed by atoms with E-state index in [1.165, 1.54) is 103 Å². The summed E-state index contributed by atoms with van der Waals surface area (Å²) >= 11 is 0. The summed E-state index contributed by atoms with van der Waals surface area (Å²) in [6.07, 6.45) is 1.05. The molecule has 0 saturated carbocycles. The normalized spacial score (nSPS) is 18.1. The third kappa shape index (κ3) is 2.84. The predicted octanol–water partition coefficient (Wildman–Crippen LogP) is 12.8. The van der Waals surface area contributed by atoms with Gasteiger partial charge in [0, 0.05) is 5.41 Å². The maximum absolute atomic E-state index is 2.53. The monoisotopic (exact) mass is 584 g/mol. The van der Waals surface area contributed by atoms with Crippen LogP contribution in [0, 0.1) is 0 Å². The zero-order chi connectivity index (χ0) is 30.5. The predicted molar refractivity (Wildman–Crippen MR) is 199 cm³/mol. The zero-order valence-electron chi connectivity index (χ0n) is 26.3. The van der Waals surface area contributed by atoms with E-state index in [4.69, 9.17) is 0 Å². The largest absolute Gasteiger partial charge is 0.0610 e. The number of benzene rings is 10. The maximum atomic E-state index is 2.53. The van der Waals surface area contributed by atoms with E-state index in [2.05, 4.69) is 148 Å². The molecular formula is C46H32. The standard InChI is InChI=1S/C46H32/c1-45(2)25-46(3,37-22-19-33-29-14-5-10-26-9-4-13-28(40(26)29)32-17-8-18-36(37)42(32)33)39-24-21-35-31-16-7-12-27-11-6-15-30(41(27)31)34-20-23-38(45)44(39)43(34)35/h4-24H,25H2,1-3H3. The highest BCUT2D eigenvalue weighted by atomic mass is 14.5. The molecule has 0 aliphatic heterocycles. The highest BCUT2D eigenvalue weighted by molar-refractivity contribution is 6.35. The summed E-state index contributed by atoms with van der Waals surface area (Å²) in [6, 6.07) is 48.9. The second kappa shape index (κ2) is 8.14. The van der Waals surface area contributed by atoms with Crippen LogP contribution in [0.4, 0.5) is 0 Å². The van der Waals surface area contributed by atoms with Crippen LogP contribution in [0.3, 0.4) is 0 Å². The van der Waals surface area contributed by atoms with Crippen molar-refractivity contribution in [3.8, 4) is 0 Å². The fourth-order valence-electron chi connectivity index (χ4n) is 10.2. The first-order valence-corrected chi connectivity index (χ1v) is 16.7. The van der Waals surface area contributed by atoms with E-state index in [9.17, 15) is 0 Å². The molecule has 1 atom stereocenters. The first-order chi connectivity index (χ1) is 22.4. The van der Waals surface area contributed by atoms with Gasteiger partial charge in [0.15, 0.2) is 0 Å². The van der Waals surface area contributed by atoms with Crippen molar-refractivity contribution in [2.75, 3.05) is 0 Å². The van der Waals surface area contributed by atoms with E-state index in [0.717, 1.165) is 6.42 Å². The third-order valence-electron chi connectivity index (χ3n) is 11.9. The summed E-state index contributed by atoms with van der Waals surface area (Å²) in [4.78, 5) is 0. The highest BCUT2D eigenvalue weighted by Crippen LogP contribution is 2.56. The average molecular weight is 585 g/mol. The van der Waals surface area contributed by atoms with Gasteiger partial charge in [-0.3, -0.25) is 0 Å². The van der Waals surface area contributed by atoms with E-state index in [1.807, 2.05) is 0 Å². The lowest BCUT2D eigenvalue weighted by Crippen LogP contribution is -2.37. The van der Waals surface area contributed by atoms with Crippen LogP contribution in [0.2, 0.25) is 0 Å². The minimum absolute atomic E-state index is 0.000254. The average Bonchev–Trinajstić information content (AvgIpc) is 3.08. The van der Waals surface area contributed by atoms with Gasteiger partial charge in [0.25, 0.3) is 0 Å². The van der Waals surface area contributed by atoms with E-state index in [-0.39, 0.29) is 10.8 Å². The lowest BCUT2D eigenvalue weighted by atomic mass is 9.57. The number of rotatable bonds is 1. The Labute approximate surface area is 267 Å². The van der Waals surface area contributed by atoms with Crippen molar-refractivity contribution in [2.45, 2.75) is 38.0 Å². The molecule has 1 aliphatic carbocycles. The molecule has 0 aromatic heterocycles. The van der Waals surface area contributed by atoms with Crippen LogP contribution in [0.5, 0.6) is 0 Å². The fraction of sp³-hybridized carbons (Fsp3) is 0.130. The number of hydrogen-bond donors (Lipinski definition) is 0. The molecule has 10 aromatic rings. The SMILES string of the molecule is CC1(C)CC(C)(c2ccc3c4cccc5cccc(c6cccc2c63)c54)c2ccc3c4cccc5cccc(c6ccc1c2c63)c54. The zero-order valence-corrected chi connectivity index (χ0v) is 26.3. The van der Waals surface area contributed by atoms with Gasteiger partial charge in [-0.05, 0) is 115 Å². The van der Waals surface area contributed by atoms with Gasteiger partial charge < -0.3 is 0 Å². The van der Waals surface area contributed by atoms with Gasteiger partial charge in [0.1, 0.15) is 0 Å². The molecule has 0 saturated heterocycles. The third-order valence-corrected chi connectivity index (χ3v) is 11.9. The second-order valence-corrected chi connectivity index (χ2v) is 14.8. The van der Waals surface area contributed by atoms with Crippen LogP contribution >= 0.6 is 0 Å². The molecule has 216 valence electrons. The number of hydrogen-bond acceptors (Lipinski definition) is 0. The molecule has 0 heterocycles. The summed E-state index contributed by atoms with van der Waals surface area (Å²) in [7, 11) is 0. The molecule has 1 unspecified atom stereocenters. The van der Waals surface area contributed by atoms with Crippen LogP contribution in [-0.2, 0) is 10.8 Å². The molecule has 11 rings (SSSR count). The van der Waals surface area contributed by atoms with Gasteiger partial charge in [-0.2, -0.15) is 0 Å². The number of fused-ring (bicyclic) bond motifs is 4. The van der Waals surface area contributed by atoms with Crippen LogP contribution in [0.15, 0.2) is 127 Å². The Morgan fingerprint density at radius 1 is 0.326 bits per heavy atom. The summed E-state index contributed by atoms with van der Waals surface area (Å²) in [5, 5.41) is 22.0. The van der Waals surface area contributed by atoms with Crippen molar-refractivity contribution >= 4 is 86.2 Å². The molecule has 0 radical (unpaired) electrons. The molecule has 46 heavy (non-hydrogen) atoms. The van der Waals surface area contributed by atoms with Crippen molar-refractivity contribution in [1.29, 1.82) is 0 Å². The molecular weight excluding hydrogens is 553 g/mol. The van der Waals surface area contributed by atoms with Gasteiger partial charge in [-0.25, -0.2) is 0 Å². The van der Waals surface area contributed by atoms with Crippen molar-refractivity contribution < 1.29 is 0 Å². The molecule has 0 heteroatoms. The molecule has 0 nitrogen and oxygen atoms in total. The highest BCUT2D eigenvalue weighted by Gasteiger charge is 2.44. The van der Waals surface area contributed by atoms with Crippen LogP contribution < -0.4 is 0 Å². The van der Waals surface area contributed by atoms with E-state index in [1.54, 1.807) is 0 Å². The summed E-state index contributed by atoms with van der Waals surface area (Å²) in [5.74, 6) is 0. The maximum Gasteiger partial charge on any atom is 0.0195 e. The van der Waals surface area contributed by atoms with Gasteiger partial charge >= 0.3 is 0 Å². The smallest absolute Gasteiger partial charge is 0.0195 e. The fourth-order valence-corrected chi connectivity index (χ4v) is 10.2. The van der Waals surface area contributed by atoms with Crippen molar-refractivity contribution in [2.24, 2.45) is 0 Å².